The molecular formula is C19H22BrN3O2. The van der Waals surface area contributed by atoms with Crippen LogP contribution in [0.4, 0.5) is 0 Å². The highest BCUT2D eigenvalue weighted by molar-refractivity contribution is 9.10. The molecule has 0 unspecified atom stereocenters. The smallest absolute Gasteiger partial charge is 0.174 e. The van der Waals surface area contributed by atoms with Crippen molar-refractivity contribution < 1.29 is 9.47 Å². The van der Waals surface area contributed by atoms with Gasteiger partial charge in [0.05, 0.1) is 29.7 Å². The number of fused-ring (bicyclic) bond motifs is 1. The number of aromatic amines is 1. The molecular weight excluding hydrogens is 382 g/mol. The molecule has 0 saturated heterocycles. The predicted molar refractivity (Wildman–Crippen MR) is 103 cm³/mol. The third kappa shape index (κ3) is 4.32. The van der Waals surface area contributed by atoms with Crippen LogP contribution < -0.4 is 14.8 Å². The van der Waals surface area contributed by atoms with Gasteiger partial charge in [-0.2, -0.15) is 0 Å². The number of imidazole rings is 1. The van der Waals surface area contributed by atoms with E-state index >= 15 is 0 Å². The number of nitrogens with one attached hydrogen (secondary N) is 2. The number of nitrogens with zero attached hydrogens (tertiary/aromatic N) is 1. The molecule has 6 heteroatoms. The Labute approximate surface area is 155 Å². The number of rotatable bonds is 8. The van der Waals surface area contributed by atoms with Gasteiger partial charge in [-0.15, -0.1) is 0 Å². The fourth-order valence-corrected chi connectivity index (χ4v) is 3.46. The molecule has 0 radical (unpaired) electrons. The minimum absolute atomic E-state index is 0.719. The molecule has 1 aromatic heterocycles. The van der Waals surface area contributed by atoms with Gasteiger partial charge in [-0.25, -0.2) is 4.98 Å². The van der Waals surface area contributed by atoms with Gasteiger partial charge >= 0.3 is 0 Å². The highest BCUT2D eigenvalue weighted by Gasteiger charge is 2.10. The fraction of sp³-hybridized carbons (Fsp3) is 0.316. The number of ether oxygens (including phenoxy) is 2. The van der Waals surface area contributed by atoms with Gasteiger partial charge in [-0.3, -0.25) is 0 Å². The quantitative estimate of drug-likeness (QED) is 0.556. The van der Waals surface area contributed by atoms with Crippen LogP contribution in [0.25, 0.3) is 11.0 Å². The van der Waals surface area contributed by atoms with E-state index in [1.54, 1.807) is 14.2 Å². The lowest BCUT2D eigenvalue weighted by Crippen LogP contribution is -2.15. The van der Waals surface area contributed by atoms with Crippen LogP contribution in [0.5, 0.6) is 11.5 Å². The largest absolute Gasteiger partial charge is 0.493 e. The third-order valence-corrected chi connectivity index (χ3v) is 4.62. The third-order valence-electron chi connectivity index (χ3n) is 4.03. The first-order valence-electron chi connectivity index (χ1n) is 8.26. The summed E-state index contributed by atoms with van der Waals surface area (Å²) >= 11 is 3.52. The lowest BCUT2D eigenvalue weighted by atomic mass is 10.2. The van der Waals surface area contributed by atoms with Gasteiger partial charge in [0, 0.05) is 13.0 Å². The van der Waals surface area contributed by atoms with E-state index in [-0.39, 0.29) is 0 Å². The van der Waals surface area contributed by atoms with E-state index in [4.69, 9.17) is 9.47 Å². The summed E-state index contributed by atoms with van der Waals surface area (Å²) in [5.74, 6) is 2.49. The maximum absolute atomic E-state index is 5.38. The van der Waals surface area contributed by atoms with E-state index in [0.717, 1.165) is 64.3 Å². The van der Waals surface area contributed by atoms with Crippen LogP contribution in [0.3, 0.4) is 0 Å². The maximum atomic E-state index is 5.38. The molecule has 0 bridgehead atoms. The van der Waals surface area contributed by atoms with Crippen LogP contribution in [-0.2, 0) is 13.0 Å². The molecule has 0 aliphatic rings. The lowest BCUT2D eigenvalue weighted by Gasteiger charge is -2.12. The lowest BCUT2D eigenvalue weighted by molar-refractivity contribution is 0.352. The summed E-state index contributed by atoms with van der Waals surface area (Å²) in [7, 11) is 3.29. The van der Waals surface area contributed by atoms with Crippen LogP contribution in [0, 0.1) is 0 Å². The summed E-state index contributed by atoms with van der Waals surface area (Å²) in [4.78, 5) is 7.97. The van der Waals surface area contributed by atoms with E-state index in [0.29, 0.717) is 0 Å². The number of para-hydroxylation sites is 2. The molecule has 0 amide bonds. The zero-order valence-electron chi connectivity index (χ0n) is 14.4. The summed E-state index contributed by atoms with van der Waals surface area (Å²) < 4.78 is 11.6. The van der Waals surface area contributed by atoms with Crippen molar-refractivity contribution >= 4 is 27.0 Å². The number of hydrogen-bond donors (Lipinski definition) is 2. The molecule has 2 aromatic carbocycles. The van der Waals surface area contributed by atoms with Crippen LogP contribution in [0.1, 0.15) is 17.8 Å². The number of benzene rings is 2. The molecule has 3 aromatic rings. The second-order valence-electron chi connectivity index (χ2n) is 5.79. The fourth-order valence-electron chi connectivity index (χ4n) is 2.81. The van der Waals surface area contributed by atoms with Gasteiger partial charge in [-0.1, -0.05) is 12.1 Å². The Hall–Kier alpha value is -2.05. The van der Waals surface area contributed by atoms with Gasteiger partial charge < -0.3 is 19.8 Å². The number of methoxy groups -OCH3 is 2. The molecule has 25 heavy (non-hydrogen) atoms. The van der Waals surface area contributed by atoms with Gasteiger partial charge in [0.25, 0.3) is 0 Å². The average molecular weight is 404 g/mol. The number of aryl methyl sites for hydroxylation is 1. The van der Waals surface area contributed by atoms with Gasteiger partial charge in [0.15, 0.2) is 11.5 Å². The number of aromatic nitrogens is 2. The van der Waals surface area contributed by atoms with E-state index < -0.39 is 0 Å². The first kappa shape index (κ1) is 17.8. The zero-order valence-corrected chi connectivity index (χ0v) is 16.0. The van der Waals surface area contributed by atoms with Crippen molar-refractivity contribution in [3.05, 3.63) is 52.3 Å². The summed E-state index contributed by atoms with van der Waals surface area (Å²) in [6.07, 6.45) is 1.95. The number of hydrogen-bond acceptors (Lipinski definition) is 4. The molecule has 0 saturated carbocycles. The zero-order chi connectivity index (χ0) is 17.6. The molecule has 132 valence electrons. The first-order valence-corrected chi connectivity index (χ1v) is 9.05. The molecule has 1 heterocycles. The van der Waals surface area contributed by atoms with Crippen LogP contribution >= 0.6 is 15.9 Å². The molecule has 0 fully saturated rings. The molecule has 0 atom stereocenters. The van der Waals surface area contributed by atoms with Crippen LogP contribution in [0.15, 0.2) is 40.9 Å². The summed E-state index contributed by atoms with van der Waals surface area (Å²) in [6, 6.07) is 12.2. The molecule has 2 N–H and O–H groups in total. The Morgan fingerprint density at radius 2 is 2.00 bits per heavy atom. The van der Waals surface area contributed by atoms with E-state index in [2.05, 4.69) is 37.3 Å². The molecule has 0 aliphatic heterocycles. The Morgan fingerprint density at radius 1 is 1.16 bits per heavy atom. The molecule has 3 rings (SSSR count). The van der Waals surface area contributed by atoms with Crippen molar-refractivity contribution in [2.24, 2.45) is 0 Å². The monoisotopic (exact) mass is 403 g/mol. The van der Waals surface area contributed by atoms with Crippen molar-refractivity contribution in [1.29, 1.82) is 0 Å². The SMILES string of the molecule is COc1cc(CNCCCc2nc3ccccc3[nH]2)cc(Br)c1OC. The maximum Gasteiger partial charge on any atom is 0.174 e. The normalized spacial score (nSPS) is 11.0. The molecule has 0 aliphatic carbocycles. The molecule has 5 nitrogen and oxygen atoms in total. The summed E-state index contributed by atoms with van der Waals surface area (Å²) in [5, 5.41) is 3.46. The number of H-pyrrole nitrogens is 1. The average Bonchev–Trinajstić information content (AvgIpc) is 3.03. The Morgan fingerprint density at radius 3 is 2.76 bits per heavy atom. The van der Waals surface area contributed by atoms with Crippen molar-refractivity contribution in [3.8, 4) is 11.5 Å². The minimum Gasteiger partial charge on any atom is -0.493 e. The minimum atomic E-state index is 0.719. The Balaban J connectivity index is 1.49. The van der Waals surface area contributed by atoms with Crippen molar-refractivity contribution in [1.82, 2.24) is 15.3 Å². The van der Waals surface area contributed by atoms with Crippen molar-refractivity contribution in [2.45, 2.75) is 19.4 Å². The topological polar surface area (TPSA) is 59.2 Å². The predicted octanol–water partition coefficient (Wildman–Crippen LogP) is 4.07. The first-order chi connectivity index (χ1) is 12.2. The summed E-state index contributed by atoms with van der Waals surface area (Å²) in [6.45, 7) is 1.70. The Kier molecular flexibility index (Phi) is 5.94. The van der Waals surface area contributed by atoms with E-state index in [9.17, 15) is 0 Å². The van der Waals surface area contributed by atoms with Crippen molar-refractivity contribution in [2.75, 3.05) is 20.8 Å². The van der Waals surface area contributed by atoms with Gasteiger partial charge in [0.1, 0.15) is 5.82 Å². The van der Waals surface area contributed by atoms with Gasteiger partial charge in [0.2, 0.25) is 0 Å². The van der Waals surface area contributed by atoms with Crippen molar-refractivity contribution in [3.63, 3.8) is 0 Å². The molecule has 0 spiro atoms. The van der Waals surface area contributed by atoms with Crippen LogP contribution in [0.2, 0.25) is 0 Å². The summed E-state index contributed by atoms with van der Waals surface area (Å²) in [5.41, 5.74) is 3.27. The van der Waals surface area contributed by atoms with Gasteiger partial charge in [-0.05, 0) is 58.7 Å². The number of halogens is 1. The standard InChI is InChI=1S/C19H22BrN3O2/c1-24-17-11-13(10-14(20)19(17)25-2)12-21-9-5-8-18-22-15-6-3-4-7-16(15)23-18/h3-4,6-7,10-11,21H,5,8-9,12H2,1-2H3,(H,22,23). The second kappa shape index (κ2) is 8.36. The second-order valence-corrected chi connectivity index (χ2v) is 6.65. The highest BCUT2D eigenvalue weighted by atomic mass is 79.9. The van der Waals surface area contributed by atoms with Crippen LogP contribution in [-0.4, -0.2) is 30.7 Å². The van der Waals surface area contributed by atoms with E-state index in [1.807, 2.05) is 30.3 Å². The Bertz CT molecular complexity index is 815. The van der Waals surface area contributed by atoms with E-state index in [1.165, 1.54) is 0 Å². The highest BCUT2D eigenvalue weighted by Crippen LogP contribution is 2.36.